The molecule has 1 saturated heterocycles. The molecule has 4 nitrogen and oxygen atoms in total. The normalized spacial score (nSPS) is 16.8. The first-order chi connectivity index (χ1) is 9.15. The molecule has 1 aromatic rings. The van der Waals surface area contributed by atoms with Gasteiger partial charge in [-0.3, -0.25) is 0 Å². The van der Waals surface area contributed by atoms with Gasteiger partial charge in [-0.2, -0.15) is 0 Å². The number of hydrogen-bond donors (Lipinski definition) is 1. The van der Waals surface area contributed by atoms with Gasteiger partial charge in [-0.1, -0.05) is 38.0 Å². The lowest BCUT2D eigenvalue weighted by atomic mass is 9.95. The number of aromatic nitrogens is 1. The fraction of sp³-hybridized carbons (Fsp3) is 0.714. The third kappa shape index (κ3) is 3.26. The van der Waals surface area contributed by atoms with E-state index in [9.17, 15) is 9.90 Å². The number of rotatable bonds is 5. The molecule has 2 heterocycles. The summed E-state index contributed by atoms with van der Waals surface area (Å²) in [5.41, 5.74) is 0.757. The number of carboxylic acids is 1. The van der Waals surface area contributed by atoms with Gasteiger partial charge in [0.25, 0.3) is 0 Å². The molecular weight excluding hydrogens is 260 g/mol. The van der Waals surface area contributed by atoms with Crippen molar-refractivity contribution >= 4 is 22.4 Å². The zero-order valence-corrected chi connectivity index (χ0v) is 12.5. The quantitative estimate of drug-likeness (QED) is 0.899. The summed E-state index contributed by atoms with van der Waals surface area (Å²) in [6.07, 6.45) is 5.32. The van der Waals surface area contributed by atoms with Crippen molar-refractivity contribution in [1.82, 2.24) is 4.98 Å². The van der Waals surface area contributed by atoms with E-state index in [4.69, 9.17) is 0 Å². The van der Waals surface area contributed by atoms with Gasteiger partial charge >= 0.3 is 5.97 Å². The maximum Gasteiger partial charge on any atom is 0.347 e. The molecule has 106 valence electrons. The molecule has 1 aliphatic heterocycles. The smallest absolute Gasteiger partial charge is 0.347 e. The number of piperidine rings is 1. The average Bonchev–Trinajstić information content (AvgIpc) is 2.83. The van der Waals surface area contributed by atoms with Crippen LogP contribution < -0.4 is 4.90 Å². The predicted octanol–water partition coefficient (Wildman–Crippen LogP) is 3.42. The molecular formula is C14H22N2O2S. The standard InChI is InChI=1S/C14H22N2O2S/c1-3-5-11-12(13(17)18)19-14(15-11)16-8-6-10(4-2)7-9-16/h10H,3-9H2,1-2H3,(H,17,18). The second-order valence-corrected chi connectivity index (χ2v) is 6.14. The summed E-state index contributed by atoms with van der Waals surface area (Å²) >= 11 is 1.34. The fourth-order valence-corrected chi connectivity index (χ4v) is 3.58. The van der Waals surface area contributed by atoms with E-state index in [0.29, 0.717) is 4.88 Å². The molecule has 19 heavy (non-hydrogen) atoms. The summed E-state index contributed by atoms with van der Waals surface area (Å²) < 4.78 is 0. The Morgan fingerprint density at radius 3 is 2.63 bits per heavy atom. The monoisotopic (exact) mass is 282 g/mol. The third-order valence-electron chi connectivity index (χ3n) is 3.83. The number of carboxylic acid groups (broad SMARTS) is 1. The van der Waals surface area contributed by atoms with Gasteiger partial charge in [0.1, 0.15) is 4.88 Å². The topological polar surface area (TPSA) is 53.4 Å². The Bertz CT molecular complexity index is 437. The van der Waals surface area contributed by atoms with E-state index in [0.717, 1.165) is 42.7 Å². The van der Waals surface area contributed by atoms with Crippen LogP contribution in [0.15, 0.2) is 0 Å². The zero-order valence-electron chi connectivity index (χ0n) is 11.7. The fourth-order valence-electron chi connectivity index (χ4n) is 2.58. The number of aromatic carboxylic acids is 1. The Kier molecular flexibility index (Phi) is 4.80. The van der Waals surface area contributed by atoms with Gasteiger partial charge in [-0.25, -0.2) is 9.78 Å². The maximum absolute atomic E-state index is 11.2. The Labute approximate surface area is 118 Å². The lowest BCUT2D eigenvalue weighted by molar-refractivity contribution is 0.0700. The van der Waals surface area contributed by atoms with Crippen molar-refractivity contribution in [2.45, 2.75) is 46.0 Å². The molecule has 1 fully saturated rings. The van der Waals surface area contributed by atoms with Gasteiger partial charge in [0.15, 0.2) is 5.13 Å². The van der Waals surface area contributed by atoms with Crippen LogP contribution in [0.3, 0.4) is 0 Å². The summed E-state index contributed by atoms with van der Waals surface area (Å²) in [6.45, 7) is 6.32. The first-order valence-electron chi connectivity index (χ1n) is 7.13. The van der Waals surface area contributed by atoms with E-state index in [2.05, 4.69) is 23.7 Å². The molecule has 0 aliphatic carbocycles. The number of nitrogens with zero attached hydrogens (tertiary/aromatic N) is 2. The average molecular weight is 282 g/mol. The molecule has 5 heteroatoms. The van der Waals surface area contributed by atoms with Gasteiger partial charge in [-0.15, -0.1) is 0 Å². The van der Waals surface area contributed by atoms with E-state index in [-0.39, 0.29) is 0 Å². The summed E-state index contributed by atoms with van der Waals surface area (Å²) in [6, 6.07) is 0. The van der Waals surface area contributed by atoms with E-state index in [1.807, 2.05) is 0 Å². The highest BCUT2D eigenvalue weighted by atomic mass is 32.1. The summed E-state index contributed by atoms with van der Waals surface area (Å²) in [5.74, 6) is -0.0130. The maximum atomic E-state index is 11.2. The second-order valence-electron chi connectivity index (χ2n) is 5.17. The molecule has 0 unspecified atom stereocenters. The van der Waals surface area contributed by atoms with Crippen molar-refractivity contribution in [2.75, 3.05) is 18.0 Å². The van der Waals surface area contributed by atoms with Gasteiger partial charge < -0.3 is 10.0 Å². The largest absolute Gasteiger partial charge is 0.477 e. The SMILES string of the molecule is CCCc1nc(N2CCC(CC)CC2)sc1C(=O)O. The molecule has 1 aliphatic rings. The highest BCUT2D eigenvalue weighted by molar-refractivity contribution is 7.17. The van der Waals surface area contributed by atoms with Crippen molar-refractivity contribution in [3.63, 3.8) is 0 Å². The Hall–Kier alpha value is -1.10. The molecule has 0 amide bonds. The number of hydrogen-bond acceptors (Lipinski definition) is 4. The molecule has 1 aromatic heterocycles. The highest BCUT2D eigenvalue weighted by Gasteiger charge is 2.23. The van der Waals surface area contributed by atoms with Crippen molar-refractivity contribution in [2.24, 2.45) is 5.92 Å². The Morgan fingerprint density at radius 2 is 2.11 bits per heavy atom. The predicted molar refractivity (Wildman–Crippen MR) is 78.3 cm³/mol. The van der Waals surface area contributed by atoms with Crippen LogP contribution in [-0.2, 0) is 6.42 Å². The molecule has 0 radical (unpaired) electrons. The molecule has 1 N–H and O–H groups in total. The lowest BCUT2D eigenvalue weighted by Gasteiger charge is -2.31. The van der Waals surface area contributed by atoms with Crippen LogP contribution in [-0.4, -0.2) is 29.1 Å². The highest BCUT2D eigenvalue weighted by Crippen LogP contribution is 2.31. The van der Waals surface area contributed by atoms with E-state index in [1.54, 1.807) is 0 Å². The minimum absolute atomic E-state index is 0.425. The van der Waals surface area contributed by atoms with Crippen LogP contribution in [0.1, 0.15) is 54.9 Å². The number of aryl methyl sites for hydroxylation is 1. The van der Waals surface area contributed by atoms with Crippen molar-refractivity contribution < 1.29 is 9.90 Å². The van der Waals surface area contributed by atoms with E-state index < -0.39 is 5.97 Å². The van der Waals surface area contributed by atoms with Crippen LogP contribution in [0.5, 0.6) is 0 Å². The summed E-state index contributed by atoms with van der Waals surface area (Å²) in [7, 11) is 0. The van der Waals surface area contributed by atoms with Crippen molar-refractivity contribution in [1.29, 1.82) is 0 Å². The zero-order chi connectivity index (χ0) is 13.8. The number of thiazole rings is 1. The van der Waals surface area contributed by atoms with Crippen molar-refractivity contribution in [3.05, 3.63) is 10.6 Å². The number of anilines is 1. The molecule has 0 aromatic carbocycles. The van der Waals surface area contributed by atoms with Gasteiger partial charge in [0, 0.05) is 13.1 Å². The molecule has 0 spiro atoms. The molecule has 0 atom stereocenters. The van der Waals surface area contributed by atoms with E-state index >= 15 is 0 Å². The lowest BCUT2D eigenvalue weighted by Crippen LogP contribution is -2.33. The van der Waals surface area contributed by atoms with Crippen LogP contribution in [0.25, 0.3) is 0 Å². The first kappa shape index (κ1) is 14.3. The number of carbonyl (C=O) groups is 1. The van der Waals surface area contributed by atoms with Gasteiger partial charge in [0.05, 0.1) is 5.69 Å². The molecule has 0 saturated carbocycles. The van der Waals surface area contributed by atoms with E-state index in [1.165, 1.54) is 30.6 Å². The van der Waals surface area contributed by atoms with Crippen LogP contribution in [0.4, 0.5) is 5.13 Å². The molecule has 2 rings (SSSR count). The van der Waals surface area contributed by atoms with Gasteiger partial charge in [0.2, 0.25) is 0 Å². The van der Waals surface area contributed by atoms with Crippen LogP contribution in [0, 0.1) is 5.92 Å². The van der Waals surface area contributed by atoms with Crippen LogP contribution >= 0.6 is 11.3 Å². The van der Waals surface area contributed by atoms with Gasteiger partial charge in [-0.05, 0) is 25.2 Å². The first-order valence-corrected chi connectivity index (χ1v) is 7.95. The van der Waals surface area contributed by atoms with Crippen molar-refractivity contribution in [3.8, 4) is 0 Å². The van der Waals surface area contributed by atoms with Crippen LogP contribution in [0.2, 0.25) is 0 Å². The summed E-state index contributed by atoms with van der Waals surface area (Å²) in [5, 5.41) is 10.1. The molecule has 0 bridgehead atoms. The second kappa shape index (κ2) is 6.37. The summed E-state index contributed by atoms with van der Waals surface area (Å²) in [4.78, 5) is 18.5. The minimum atomic E-state index is -0.837. The Morgan fingerprint density at radius 1 is 1.42 bits per heavy atom. The Balaban J connectivity index is 2.12. The minimum Gasteiger partial charge on any atom is -0.477 e. The third-order valence-corrected chi connectivity index (χ3v) is 4.98.